The zero-order chi connectivity index (χ0) is 24.6. The molecule has 0 aliphatic heterocycles. The number of nitrogens with one attached hydrogen (secondary N) is 2. The van der Waals surface area contributed by atoms with Gasteiger partial charge in [-0.2, -0.15) is 0 Å². The highest BCUT2D eigenvalue weighted by atomic mass is 19.1. The van der Waals surface area contributed by atoms with Crippen LogP contribution in [0.5, 0.6) is 0 Å². The van der Waals surface area contributed by atoms with E-state index >= 15 is 0 Å². The molecule has 8 heteroatoms. The minimum Gasteiger partial charge on any atom is -0.358 e. The molecule has 0 unspecified atom stereocenters. The van der Waals surface area contributed by atoms with Gasteiger partial charge in [0.2, 0.25) is 5.91 Å². The highest BCUT2D eigenvalue weighted by Crippen LogP contribution is 2.27. The summed E-state index contributed by atoms with van der Waals surface area (Å²) in [6.07, 6.45) is 9.93. The summed E-state index contributed by atoms with van der Waals surface area (Å²) in [5, 5.41) is 9.16. The highest BCUT2D eigenvalue weighted by molar-refractivity contribution is 6.05. The van der Waals surface area contributed by atoms with E-state index in [4.69, 9.17) is 4.52 Å². The van der Waals surface area contributed by atoms with Gasteiger partial charge < -0.3 is 15.2 Å². The molecular weight excluding hydrogens is 440 g/mol. The van der Waals surface area contributed by atoms with E-state index in [1.807, 2.05) is 49.4 Å². The van der Waals surface area contributed by atoms with E-state index in [0.29, 0.717) is 24.1 Å². The third kappa shape index (κ3) is 6.73. The summed E-state index contributed by atoms with van der Waals surface area (Å²) < 4.78 is 31.2. The lowest BCUT2D eigenvalue weighted by Crippen LogP contribution is -2.26. The number of benzene rings is 1. The molecule has 1 heterocycles. The quantitative estimate of drug-likeness (QED) is 0.474. The smallest absolute Gasteiger partial charge is 0.255 e. The Morgan fingerprint density at radius 3 is 2.53 bits per heavy atom. The predicted octanol–water partition coefficient (Wildman–Crippen LogP) is 5.60. The molecule has 2 N–H and O–H groups in total. The summed E-state index contributed by atoms with van der Waals surface area (Å²) in [6, 6.07) is 8.84. The molecule has 0 bridgehead atoms. The Hall–Kier alpha value is -3.55. The molecule has 0 saturated heterocycles. The second kappa shape index (κ2) is 11.5. The van der Waals surface area contributed by atoms with Crippen molar-refractivity contribution in [3.63, 3.8) is 0 Å². The van der Waals surface area contributed by atoms with E-state index in [0.717, 1.165) is 17.6 Å². The topological polar surface area (TPSA) is 84.2 Å². The van der Waals surface area contributed by atoms with Gasteiger partial charge in [0.1, 0.15) is 19.1 Å². The fraction of sp³-hybridized carbons (Fsp3) is 0.346. The van der Waals surface area contributed by atoms with E-state index in [1.54, 1.807) is 0 Å². The Labute approximate surface area is 197 Å². The Morgan fingerprint density at radius 1 is 1.09 bits per heavy atom. The lowest BCUT2D eigenvalue weighted by molar-refractivity contribution is -0.116. The first-order valence-corrected chi connectivity index (χ1v) is 11.2. The van der Waals surface area contributed by atoms with E-state index in [1.165, 1.54) is 13.0 Å². The molecule has 0 spiro atoms. The van der Waals surface area contributed by atoms with Crippen LogP contribution in [-0.2, 0) is 21.4 Å². The molecule has 1 aliphatic carbocycles. The van der Waals surface area contributed by atoms with E-state index in [-0.39, 0.29) is 29.8 Å². The number of hydrogen-bond donors (Lipinski definition) is 2. The normalized spacial score (nSPS) is 13.6. The van der Waals surface area contributed by atoms with Crippen molar-refractivity contribution in [2.75, 3.05) is 24.0 Å². The van der Waals surface area contributed by atoms with Gasteiger partial charge in [0.05, 0.1) is 5.41 Å². The Morgan fingerprint density at radius 2 is 1.82 bits per heavy atom. The number of halogens is 2. The number of allylic oxidation sites excluding steroid dienone is 4. The molecule has 34 heavy (non-hydrogen) atoms. The number of aromatic nitrogens is 1. The van der Waals surface area contributed by atoms with Gasteiger partial charge in [0.15, 0.2) is 5.82 Å². The van der Waals surface area contributed by atoms with Crippen LogP contribution in [0.25, 0.3) is 0 Å². The second-order valence-corrected chi connectivity index (χ2v) is 8.63. The van der Waals surface area contributed by atoms with Gasteiger partial charge >= 0.3 is 0 Å². The fourth-order valence-corrected chi connectivity index (χ4v) is 3.30. The number of alkyl halides is 2. The Balaban J connectivity index is 1.44. The van der Waals surface area contributed by atoms with Gasteiger partial charge in [0.25, 0.3) is 5.91 Å². The molecule has 6 nitrogen and oxygen atoms in total. The highest BCUT2D eigenvalue weighted by Gasteiger charge is 2.32. The van der Waals surface area contributed by atoms with Crippen molar-refractivity contribution in [2.24, 2.45) is 0 Å². The number of rotatable bonds is 10. The number of nitrogens with zero attached hydrogens (tertiary/aromatic N) is 1. The number of carbonyl (C=O) groups is 2. The van der Waals surface area contributed by atoms with Crippen LogP contribution in [0.3, 0.4) is 0 Å². The average Bonchev–Trinajstić information content (AvgIpc) is 3.19. The van der Waals surface area contributed by atoms with Gasteiger partial charge in [-0.3, -0.25) is 9.59 Å². The zero-order valence-electron chi connectivity index (χ0n) is 19.4. The van der Waals surface area contributed by atoms with Crippen LogP contribution < -0.4 is 10.6 Å². The maximum Gasteiger partial charge on any atom is 0.255 e. The first kappa shape index (κ1) is 25.1. The molecular formula is C26H29F2N3O3. The zero-order valence-corrected chi connectivity index (χ0v) is 19.4. The standard InChI is InChI=1S/C26H29F2N3O3/c1-18-5-3-7-20(12-9-18)25(33)29-21-13-10-19(11-14-21)6-4-8-24(32)30-23-15-22(34-31-23)26(2,16-27)17-28/h5,7,9-15H,3-4,6,8,16-17H2,1-2H3,(H,29,33)(H,30,31,32). The van der Waals surface area contributed by atoms with E-state index in [2.05, 4.69) is 21.9 Å². The van der Waals surface area contributed by atoms with Crippen LogP contribution in [0.15, 0.2) is 70.3 Å². The molecule has 0 fully saturated rings. The largest absolute Gasteiger partial charge is 0.358 e. The van der Waals surface area contributed by atoms with Crippen molar-refractivity contribution in [3.05, 3.63) is 77.1 Å². The monoisotopic (exact) mass is 469 g/mol. The van der Waals surface area contributed by atoms with Gasteiger partial charge in [-0.05, 0) is 56.9 Å². The van der Waals surface area contributed by atoms with Crippen molar-refractivity contribution < 1.29 is 22.9 Å². The van der Waals surface area contributed by atoms with E-state index in [9.17, 15) is 18.4 Å². The first-order chi connectivity index (χ1) is 16.3. The molecule has 1 aromatic heterocycles. The molecule has 0 radical (unpaired) electrons. The molecule has 2 amide bonds. The predicted molar refractivity (Wildman–Crippen MR) is 128 cm³/mol. The van der Waals surface area contributed by atoms with Gasteiger partial charge in [-0.1, -0.05) is 41.1 Å². The molecule has 0 atom stereocenters. The van der Waals surface area contributed by atoms with Gasteiger partial charge in [0, 0.05) is 23.7 Å². The van der Waals surface area contributed by atoms with Crippen molar-refractivity contribution in [1.82, 2.24) is 5.16 Å². The minimum atomic E-state index is -1.40. The Kier molecular flexibility index (Phi) is 8.51. The van der Waals surface area contributed by atoms with Crippen molar-refractivity contribution in [1.29, 1.82) is 0 Å². The van der Waals surface area contributed by atoms with Crippen molar-refractivity contribution in [3.8, 4) is 0 Å². The molecule has 2 aromatic rings. The fourth-order valence-electron chi connectivity index (χ4n) is 3.30. The third-order valence-electron chi connectivity index (χ3n) is 5.61. The second-order valence-electron chi connectivity index (χ2n) is 8.63. The van der Waals surface area contributed by atoms with Crippen LogP contribution in [-0.4, -0.2) is 30.3 Å². The van der Waals surface area contributed by atoms with E-state index < -0.39 is 18.8 Å². The molecule has 180 valence electrons. The molecule has 3 rings (SSSR count). The summed E-state index contributed by atoms with van der Waals surface area (Å²) >= 11 is 0. The SMILES string of the molecule is CC1=CCC=C(C(=O)Nc2ccc(CCCC(=O)Nc3cc(C(C)(CF)CF)on3)cc2)C=C1. The summed E-state index contributed by atoms with van der Waals surface area (Å²) in [4.78, 5) is 24.6. The average molecular weight is 470 g/mol. The van der Waals surface area contributed by atoms with Crippen molar-refractivity contribution >= 4 is 23.3 Å². The molecule has 1 aromatic carbocycles. The minimum absolute atomic E-state index is 0.0538. The lowest BCUT2D eigenvalue weighted by atomic mass is 9.91. The van der Waals surface area contributed by atoms with Crippen LogP contribution in [0.4, 0.5) is 20.3 Å². The number of anilines is 2. The summed E-state index contributed by atoms with van der Waals surface area (Å²) in [5.74, 6) is -0.227. The number of amides is 2. The third-order valence-corrected chi connectivity index (χ3v) is 5.61. The first-order valence-electron chi connectivity index (χ1n) is 11.2. The van der Waals surface area contributed by atoms with Crippen LogP contribution in [0.2, 0.25) is 0 Å². The van der Waals surface area contributed by atoms with Crippen LogP contribution in [0.1, 0.15) is 44.4 Å². The van der Waals surface area contributed by atoms with Crippen molar-refractivity contribution in [2.45, 2.75) is 44.9 Å². The lowest BCUT2D eigenvalue weighted by Gasteiger charge is -2.17. The summed E-state index contributed by atoms with van der Waals surface area (Å²) in [6.45, 7) is 1.52. The Bertz CT molecular complexity index is 1100. The molecule has 0 saturated carbocycles. The van der Waals surface area contributed by atoms with Crippen LogP contribution in [0, 0.1) is 0 Å². The number of carbonyl (C=O) groups excluding carboxylic acids is 2. The van der Waals surface area contributed by atoms with Gasteiger partial charge in [-0.15, -0.1) is 0 Å². The maximum atomic E-state index is 13.1. The number of hydrogen-bond acceptors (Lipinski definition) is 4. The summed E-state index contributed by atoms with van der Waals surface area (Å²) in [7, 11) is 0. The van der Waals surface area contributed by atoms with Crippen LogP contribution >= 0.6 is 0 Å². The number of aryl methyl sites for hydroxylation is 1. The summed E-state index contributed by atoms with van der Waals surface area (Å²) in [5.41, 5.74) is 2.08. The maximum absolute atomic E-state index is 13.1. The van der Waals surface area contributed by atoms with Gasteiger partial charge in [-0.25, -0.2) is 8.78 Å². The molecule has 1 aliphatic rings.